The van der Waals surface area contributed by atoms with Crippen LogP contribution in [0.1, 0.15) is 136 Å². The number of carbonyl (C=O) groups is 3. The van der Waals surface area contributed by atoms with Gasteiger partial charge in [0.15, 0.2) is 12.1 Å². The molecule has 0 rings (SSSR count). The number of unbranched alkanes of at least 4 members (excludes halogenated alkanes) is 8. The van der Waals surface area contributed by atoms with Gasteiger partial charge in [0.1, 0.15) is 6.61 Å². The number of ether oxygens (including phenoxy) is 3. The van der Waals surface area contributed by atoms with Crippen molar-refractivity contribution in [3.05, 3.63) is 134 Å². The SMILES string of the molecule is CC/C=C/C=C/C=C/C=C/C=C/C=C/CCCCCC(=O)OC(COCCC(C(=O)O)[N+](C)(C)C)COC(=O)CCCC/C=C/C/C=C/C/C=C/C/C=C/C/C=C/CCCCC. The van der Waals surface area contributed by atoms with Crippen molar-refractivity contribution >= 4 is 17.9 Å². The van der Waals surface area contributed by atoms with Crippen LogP contribution in [0.25, 0.3) is 0 Å². The first kappa shape index (κ1) is 57.5. The van der Waals surface area contributed by atoms with E-state index in [-0.39, 0.29) is 49.1 Å². The molecule has 62 heavy (non-hydrogen) atoms. The predicted molar refractivity (Wildman–Crippen MR) is 261 cm³/mol. The van der Waals surface area contributed by atoms with Crippen molar-refractivity contribution in [2.75, 3.05) is 41.0 Å². The minimum Gasteiger partial charge on any atom is -0.477 e. The molecule has 0 aromatic heterocycles. The van der Waals surface area contributed by atoms with Crippen molar-refractivity contribution in [2.24, 2.45) is 0 Å². The highest BCUT2D eigenvalue weighted by molar-refractivity contribution is 5.72. The molecular weight excluding hydrogens is 775 g/mol. The fourth-order valence-electron chi connectivity index (χ4n) is 5.85. The minimum atomic E-state index is -0.896. The second kappa shape index (κ2) is 43.1. The summed E-state index contributed by atoms with van der Waals surface area (Å²) in [5.41, 5.74) is 0. The van der Waals surface area contributed by atoms with Crippen molar-refractivity contribution in [2.45, 2.75) is 148 Å². The summed E-state index contributed by atoms with van der Waals surface area (Å²) in [5.74, 6) is -1.60. The van der Waals surface area contributed by atoms with Gasteiger partial charge in [-0.1, -0.05) is 167 Å². The van der Waals surface area contributed by atoms with Crippen LogP contribution in [0.3, 0.4) is 0 Å². The maximum absolute atomic E-state index is 12.7. The molecule has 0 aliphatic carbocycles. The number of rotatable bonds is 39. The molecule has 0 saturated carbocycles. The molecule has 0 heterocycles. The largest absolute Gasteiger partial charge is 0.477 e. The number of allylic oxidation sites excluding steroid dienone is 22. The van der Waals surface area contributed by atoms with Crippen LogP contribution in [-0.2, 0) is 28.6 Å². The van der Waals surface area contributed by atoms with Gasteiger partial charge in [0.05, 0.1) is 34.4 Å². The van der Waals surface area contributed by atoms with Crippen molar-refractivity contribution in [3.8, 4) is 0 Å². The van der Waals surface area contributed by atoms with E-state index in [0.717, 1.165) is 64.2 Å². The monoisotopic (exact) mass is 859 g/mol. The Balaban J connectivity index is 4.52. The lowest BCUT2D eigenvalue weighted by molar-refractivity contribution is -0.887. The van der Waals surface area contributed by atoms with Crippen LogP contribution in [0, 0.1) is 0 Å². The third-order valence-electron chi connectivity index (χ3n) is 9.45. The molecule has 2 atom stereocenters. The van der Waals surface area contributed by atoms with Crippen LogP contribution in [-0.4, -0.2) is 80.6 Å². The standard InChI is InChI=1S/C54H83NO7/c1-6-8-10-12-14-16-18-20-22-24-25-26-27-29-30-32-34-36-38-40-42-44-52(56)61-49-50(48-60-47-46-51(54(58)59)55(3,4)5)62-53(57)45-43-41-39-37-35-33-31-28-23-21-19-17-15-13-11-9-7-2/h9,11,13-17,19-23,25-26,28-31,33-36,50-51H,6-8,10,12,18,24,27,32,37-49H2,1-5H3/p+1/b11-9+,15-13+,16-14+,19-17+,22-20+,23-21+,26-25+,30-29+,31-28+,35-33+,36-34+. The Morgan fingerprint density at radius 3 is 1.48 bits per heavy atom. The van der Waals surface area contributed by atoms with Gasteiger partial charge in [-0.25, -0.2) is 4.79 Å². The van der Waals surface area contributed by atoms with E-state index in [1.807, 2.05) is 81.9 Å². The van der Waals surface area contributed by atoms with E-state index in [2.05, 4.69) is 86.8 Å². The number of esters is 2. The molecule has 0 bridgehead atoms. The molecule has 8 nitrogen and oxygen atoms in total. The average molecular weight is 859 g/mol. The molecule has 346 valence electrons. The summed E-state index contributed by atoms with van der Waals surface area (Å²) in [4.78, 5) is 37.0. The Labute approximate surface area is 377 Å². The number of hydrogen-bond donors (Lipinski definition) is 1. The third-order valence-corrected chi connectivity index (χ3v) is 9.45. The van der Waals surface area contributed by atoms with E-state index in [9.17, 15) is 19.5 Å². The van der Waals surface area contributed by atoms with Gasteiger partial charge in [-0.05, 0) is 83.5 Å². The highest BCUT2D eigenvalue weighted by atomic mass is 16.6. The second-order valence-electron chi connectivity index (χ2n) is 16.1. The quantitative estimate of drug-likeness (QED) is 0.0216. The van der Waals surface area contributed by atoms with Gasteiger partial charge < -0.3 is 23.8 Å². The van der Waals surface area contributed by atoms with Crippen molar-refractivity contribution in [3.63, 3.8) is 0 Å². The fraction of sp³-hybridized carbons (Fsp3) is 0.537. The summed E-state index contributed by atoms with van der Waals surface area (Å²) < 4.78 is 17.2. The first-order valence-electron chi connectivity index (χ1n) is 23.3. The second-order valence-corrected chi connectivity index (χ2v) is 16.1. The lowest BCUT2D eigenvalue weighted by atomic mass is 10.1. The topological polar surface area (TPSA) is 99.1 Å². The van der Waals surface area contributed by atoms with Crippen LogP contribution in [0.4, 0.5) is 0 Å². The minimum absolute atomic E-state index is 0.0181. The summed E-state index contributed by atoms with van der Waals surface area (Å²) in [6.07, 6.45) is 62.1. The number of carbonyl (C=O) groups excluding carboxylic acids is 2. The Kier molecular flexibility index (Phi) is 40.0. The zero-order chi connectivity index (χ0) is 45.6. The summed E-state index contributed by atoms with van der Waals surface area (Å²) >= 11 is 0. The van der Waals surface area contributed by atoms with Gasteiger partial charge in [0, 0.05) is 19.3 Å². The molecule has 0 fully saturated rings. The zero-order valence-corrected chi connectivity index (χ0v) is 39.3. The molecule has 0 aromatic carbocycles. The maximum Gasteiger partial charge on any atom is 0.362 e. The maximum atomic E-state index is 12.7. The van der Waals surface area contributed by atoms with E-state index in [0.29, 0.717) is 19.3 Å². The van der Waals surface area contributed by atoms with E-state index >= 15 is 0 Å². The Morgan fingerprint density at radius 2 is 0.968 bits per heavy atom. The normalized spacial score (nSPS) is 14.1. The molecule has 2 unspecified atom stereocenters. The van der Waals surface area contributed by atoms with Gasteiger partial charge in [-0.15, -0.1) is 0 Å². The number of carboxylic acid groups (broad SMARTS) is 1. The third kappa shape index (κ3) is 40.9. The van der Waals surface area contributed by atoms with Crippen LogP contribution in [0.15, 0.2) is 134 Å². The molecule has 0 aromatic rings. The summed E-state index contributed by atoms with van der Waals surface area (Å²) in [6, 6.07) is -0.640. The van der Waals surface area contributed by atoms with Gasteiger partial charge in [-0.3, -0.25) is 9.59 Å². The Bertz CT molecular complexity index is 1470. The molecule has 0 spiro atoms. The molecule has 0 aliphatic heterocycles. The van der Waals surface area contributed by atoms with Crippen molar-refractivity contribution in [1.82, 2.24) is 0 Å². The Morgan fingerprint density at radius 1 is 0.516 bits per heavy atom. The van der Waals surface area contributed by atoms with E-state index < -0.39 is 18.1 Å². The average Bonchev–Trinajstić information content (AvgIpc) is 3.23. The zero-order valence-electron chi connectivity index (χ0n) is 39.3. The summed E-state index contributed by atoms with van der Waals surface area (Å²) in [7, 11) is 5.48. The van der Waals surface area contributed by atoms with Gasteiger partial charge in [0.25, 0.3) is 0 Å². The van der Waals surface area contributed by atoms with Gasteiger partial charge in [0.2, 0.25) is 0 Å². The molecular formula is C54H84NO7+. The van der Waals surface area contributed by atoms with Crippen LogP contribution in [0.5, 0.6) is 0 Å². The number of quaternary nitrogens is 1. The van der Waals surface area contributed by atoms with Crippen molar-refractivity contribution in [1.29, 1.82) is 0 Å². The molecule has 0 radical (unpaired) electrons. The lowest BCUT2D eigenvalue weighted by Crippen LogP contribution is -2.50. The lowest BCUT2D eigenvalue weighted by Gasteiger charge is -2.31. The van der Waals surface area contributed by atoms with Crippen LogP contribution < -0.4 is 0 Å². The number of likely N-dealkylation sites (N-methyl/N-ethyl adjacent to an activating group) is 1. The van der Waals surface area contributed by atoms with Crippen molar-refractivity contribution < 1.29 is 38.2 Å². The van der Waals surface area contributed by atoms with E-state index in [1.165, 1.54) is 25.7 Å². The predicted octanol–water partition coefficient (Wildman–Crippen LogP) is 13.2. The van der Waals surface area contributed by atoms with E-state index in [1.54, 1.807) is 0 Å². The van der Waals surface area contributed by atoms with Gasteiger partial charge >= 0.3 is 17.9 Å². The number of aliphatic carboxylic acids is 1. The number of nitrogens with zero attached hydrogens (tertiary/aromatic N) is 1. The molecule has 0 saturated heterocycles. The molecule has 0 amide bonds. The highest BCUT2D eigenvalue weighted by Crippen LogP contribution is 2.11. The smallest absolute Gasteiger partial charge is 0.362 e. The summed E-state index contributed by atoms with van der Waals surface area (Å²) in [5, 5.41) is 9.63. The van der Waals surface area contributed by atoms with Crippen LogP contribution in [0.2, 0.25) is 0 Å². The molecule has 1 N–H and O–H groups in total. The van der Waals surface area contributed by atoms with E-state index in [4.69, 9.17) is 14.2 Å². The van der Waals surface area contributed by atoms with Gasteiger partial charge in [-0.2, -0.15) is 0 Å². The molecule has 8 heteroatoms. The summed E-state index contributed by atoms with van der Waals surface area (Å²) in [6.45, 7) is 4.43. The Hall–Kier alpha value is -4.53. The first-order chi connectivity index (χ1) is 30.1. The molecule has 0 aliphatic rings. The number of carboxylic acids is 1. The van der Waals surface area contributed by atoms with Crippen LogP contribution >= 0.6 is 0 Å². The highest BCUT2D eigenvalue weighted by Gasteiger charge is 2.31. The fourth-order valence-corrected chi connectivity index (χ4v) is 5.85. The number of hydrogen-bond acceptors (Lipinski definition) is 6. The first-order valence-corrected chi connectivity index (χ1v) is 23.3.